The van der Waals surface area contributed by atoms with Crippen molar-refractivity contribution in [3.05, 3.63) is 35.1 Å². The van der Waals surface area contributed by atoms with Crippen LogP contribution in [0.25, 0.3) is 0 Å². The summed E-state index contributed by atoms with van der Waals surface area (Å²) in [6.07, 6.45) is 1.80. The Morgan fingerprint density at radius 1 is 1.23 bits per heavy atom. The number of nitrogens with one attached hydrogen (secondary N) is 1. The molecule has 1 aromatic carbocycles. The summed E-state index contributed by atoms with van der Waals surface area (Å²) in [6, 6.07) is 1.57. The minimum absolute atomic E-state index is 0.0851. The molecule has 0 radical (unpaired) electrons. The number of amides is 1. The molecular weight excluding hydrogens is 319 g/mol. The second-order valence-electron chi connectivity index (χ2n) is 5.39. The lowest BCUT2D eigenvalue weighted by atomic mass is 10.0. The van der Waals surface area contributed by atoms with E-state index in [1.807, 2.05) is 0 Å². The van der Waals surface area contributed by atoms with Crippen LogP contribution in [-0.2, 0) is 9.84 Å². The fraction of sp³-hybridized carbons (Fsp3) is 0.500. The van der Waals surface area contributed by atoms with Gasteiger partial charge in [-0.3, -0.25) is 4.79 Å². The molecule has 0 bridgehead atoms. The third-order valence-electron chi connectivity index (χ3n) is 3.68. The number of benzene rings is 1. The Kier molecular flexibility index (Phi) is 5.10. The first-order valence-corrected chi connectivity index (χ1v) is 8.74. The van der Waals surface area contributed by atoms with Gasteiger partial charge in [0.1, 0.15) is 0 Å². The summed E-state index contributed by atoms with van der Waals surface area (Å²) in [4.78, 5) is 11.7. The third-order valence-corrected chi connectivity index (χ3v) is 5.52. The molecule has 1 unspecified atom stereocenters. The fourth-order valence-corrected chi connectivity index (χ4v) is 4.40. The molecule has 1 aromatic rings. The molecule has 122 valence electrons. The van der Waals surface area contributed by atoms with Gasteiger partial charge in [0, 0.05) is 6.54 Å². The number of hydrogen-bond acceptors (Lipinski definition) is 3. The lowest BCUT2D eigenvalue weighted by molar-refractivity contribution is 0.0947. The average Bonchev–Trinajstić information content (AvgIpc) is 2.80. The SMILES string of the molecule is O=C(NCCCC1CCS(=O)(=O)C1)c1ccc(F)c(F)c1F. The van der Waals surface area contributed by atoms with Gasteiger partial charge >= 0.3 is 0 Å². The third kappa shape index (κ3) is 4.00. The molecule has 1 saturated heterocycles. The second-order valence-corrected chi connectivity index (χ2v) is 7.62. The highest BCUT2D eigenvalue weighted by atomic mass is 32.2. The fourth-order valence-electron chi connectivity index (χ4n) is 2.49. The van der Waals surface area contributed by atoms with E-state index in [1.54, 1.807) is 0 Å². The van der Waals surface area contributed by atoms with Crippen molar-refractivity contribution < 1.29 is 26.4 Å². The van der Waals surface area contributed by atoms with Crippen molar-refractivity contribution in [2.24, 2.45) is 5.92 Å². The minimum Gasteiger partial charge on any atom is -0.352 e. The summed E-state index contributed by atoms with van der Waals surface area (Å²) < 4.78 is 61.8. The second kappa shape index (κ2) is 6.68. The number of rotatable bonds is 5. The maximum absolute atomic E-state index is 13.4. The zero-order valence-electron chi connectivity index (χ0n) is 11.7. The maximum atomic E-state index is 13.4. The van der Waals surface area contributed by atoms with Crippen molar-refractivity contribution in [1.29, 1.82) is 0 Å². The van der Waals surface area contributed by atoms with Crippen LogP contribution in [0.3, 0.4) is 0 Å². The van der Waals surface area contributed by atoms with Gasteiger partial charge in [-0.25, -0.2) is 21.6 Å². The summed E-state index contributed by atoms with van der Waals surface area (Å²) >= 11 is 0. The number of carbonyl (C=O) groups excluding carboxylic acids is 1. The van der Waals surface area contributed by atoms with Crippen molar-refractivity contribution >= 4 is 15.7 Å². The van der Waals surface area contributed by atoms with E-state index >= 15 is 0 Å². The van der Waals surface area contributed by atoms with Crippen molar-refractivity contribution in [1.82, 2.24) is 5.32 Å². The standard InChI is InChI=1S/C14H16F3NO3S/c15-11-4-3-10(12(16)13(11)17)14(19)18-6-1-2-9-5-7-22(20,21)8-9/h3-4,9H,1-2,5-8H2,(H,18,19). The quantitative estimate of drug-likeness (QED) is 0.662. The van der Waals surface area contributed by atoms with Gasteiger partial charge in [-0.05, 0) is 37.3 Å². The Labute approximate surface area is 126 Å². The molecule has 1 N–H and O–H groups in total. The zero-order valence-corrected chi connectivity index (χ0v) is 12.6. The molecule has 0 spiro atoms. The van der Waals surface area contributed by atoms with E-state index in [-0.39, 0.29) is 24.0 Å². The Morgan fingerprint density at radius 2 is 1.95 bits per heavy atom. The predicted octanol–water partition coefficient (Wildman–Crippen LogP) is 2.05. The highest BCUT2D eigenvalue weighted by molar-refractivity contribution is 7.91. The normalized spacial score (nSPS) is 20.0. The molecular formula is C14H16F3NO3S. The monoisotopic (exact) mass is 335 g/mol. The summed E-state index contributed by atoms with van der Waals surface area (Å²) in [5.41, 5.74) is -0.553. The van der Waals surface area contributed by atoms with E-state index in [9.17, 15) is 26.4 Å². The van der Waals surface area contributed by atoms with Gasteiger partial charge in [0.05, 0.1) is 17.1 Å². The lowest BCUT2D eigenvalue weighted by Gasteiger charge is -2.09. The van der Waals surface area contributed by atoms with Crippen LogP contribution in [0, 0.1) is 23.4 Å². The van der Waals surface area contributed by atoms with Crippen LogP contribution in [0.5, 0.6) is 0 Å². The molecule has 1 aliphatic rings. The van der Waals surface area contributed by atoms with E-state index < -0.39 is 38.8 Å². The Hall–Kier alpha value is -1.57. The van der Waals surface area contributed by atoms with Crippen molar-refractivity contribution in [3.8, 4) is 0 Å². The number of hydrogen-bond donors (Lipinski definition) is 1. The van der Waals surface area contributed by atoms with Crippen molar-refractivity contribution in [3.63, 3.8) is 0 Å². The van der Waals surface area contributed by atoms with Crippen LogP contribution < -0.4 is 5.32 Å². The Bertz CT molecular complexity index is 676. The average molecular weight is 335 g/mol. The molecule has 0 aromatic heterocycles. The summed E-state index contributed by atoms with van der Waals surface area (Å²) in [6.45, 7) is 0.216. The van der Waals surface area contributed by atoms with Crippen LogP contribution in [-0.4, -0.2) is 32.4 Å². The van der Waals surface area contributed by atoms with Crippen LogP contribution in [0.4, 0.5) is 13.2 Å². The predicted molar refractivity (Wildman–Crippen MR) is 74.6 cm³/mol. The largest absolute Gasteiger partial charge is 0.352 e. The molecule has 1 heterocycles. The zero-order chi connectivity index (χ0) is 16.3. The molecule has 2 rings (SSSR count). The summed E-state index contributed by atoms with van der Waals surface area (Å²) in [5, 5.41) is 2.41. The molecule has 22 heavy (non-hydrogen) atoms. The van der Waals surface area contributed by atoms with Gasteiger partial charge in [-0.15, -0.1) is 0 Å². The molecule has 0 saturated carbocycles. The van der Waals surface area contributed by atoms with E-state index in [2.05, 4.69) is 5.32 Å². The highest BCUT2D eigenvalue weighted by Crippen LogP contribution is 2.22. The Balaban J connectivity index is 1.80. The number of halogens is 3. The molecule has 8 heteroatoms. The molecule has 1 atom stereocenters. The lowest BCUT2D eigenvalue weighted by Crippen LogP contribution is -2.26. The first-order chi connectivity index (χ1) is 10.3. The van der Waals surface area contributed by atoms with Crippen LogP contribution in [0.2, 0.25) is 0 Å². The summed E-state index contributed by atoms with van der Waals surface area (Å²) in [7, 11) is -2.92. The highest BCUT2D eigenvalue weighted by Gasteiger charge is 2.27. The van der Waals surface area contributed by atoms with E-state index in [0.717, 1.165) is 6.07 Å². The van der Waals surface area contributed by atoms with Crippen LogP contribution in [0.15, 0.2) is 12.1 Å². The molecule has 4 nitrogen and oxygen atoms in total. The Morgan fingerprint density at radius 3 is 2.59 bits per heavy atom. The van der Waals surface area contributed by atoms with Gasteiger partial charge in [-0.2, -0.15) is 0 Å². The van der Waals surface area contributed by atoms with Crippen LogP contribution >= 0.6 is 0 Å². The van der Waals surface area contributed by atoms with E-state index in [1.165, 1.54) is 0 Å². The maximum Gasteiger partial charge on any atom is 0.254 e. The van der Waals surface area contributed by atoms with Gasteiger partial charge < -0.3 is 5.32 Å². The van der Waals surface area contributed by atoms with Gasteiger partial charge in [0.2, 0.25) is 0 Å². The van der Waals surface area contributed by atoms with Crippen LogP contribution in [0.1, 0.15) is 29.6 Å². The van der Waals surface area contributed by atoms with Gasteiger partial charge in [0.25, 0.3) is 5.91 Å². The molecule has 1 fully saturated rings. The number of sulfone groups is 1. The molecule has 1 aliphatic heterocycles. The van der Waals surface area contributed by atoms with Gasteiger partial charge in [0.15, 0.2) is 27.3 Å². The van der Waals surface area contributed by atoms with E-state index in [0.29, 0.717) is 25.3 Å². The first-order valence-electron chi connectivity index (χ1n) is 6.92. The molecule has 1 amide bonds. The first kappa shape index (κ1) is 16.8. The van der Waals surface area contributed by atoms with Crippen molar-refractivity contribution in [2.45, 2.75) is 19.3 Å². The smallest absolute Gasteiger partial charge is 0.254 e. The summed E-state index contributed by atoms with van der Waals surface area (Å²) in [5.74, 6) is -4.92. The van der Waals surface area contributed by atoms with Crippen molar-refractivity contribution in [2.75, 3.05) is 18.1 Å². The topological polar surface area (TPSA) is 63.2 Å². The molecule has 0 aliphatic carbocycles. The van der Waals surface area contributed by atoms with Gasteiger partial charge in [-0.1, -0.05) is 0 Å². The van der Waals surface area contributed by atoms with E-state index in [4.69, 9.17) is 0 Å². The number of carbonyl (C=O) groups is 1. The minimum atomic E-state index is -2.92.